The number of fused-ring (bicyclic) bond motifs is 3. The van der Waals surface area contributed by atoms with Gasteiger partial charge in [0, 0.05) is 25.2 Å². The molecule has 2 aliphatic rings. The molecular formula is C22H26N4O3. The third-order valence-corrected chi connectivity index (χ3v) is 6.34. The monoisotopic (exact) mass is 394 g/mol. The highest BCUT2D eigenvalue weighted by molar-refractivity contribution is 6.07. The Hall–Kier alpha value is -2.67. The maximum Gasteiger partial charge on any atom is 0.259 e. The molecule has 7 nitrogen and oxygen atoms in total. The smallest absolute Gasteiger partial charge is 0.259 e. The summed E-state index contributed by atoms with van der Waals surface area (Å²) in [6, 6.07) is 6.73. The molecule has 1 amide bonds. The minimum Gasteiger partial charge on any atom is -0.463 e. The Bertz CT molecular complexity index is 1030. The van der Waals surface area contributed by atoms with Crippen LogP contribution >= 0.6 is 0 Å². The lowest BCUT2D eigenvalue weighted by molar-refractivity contribution is 0.0683. The summed E-state index contributed by atoms with van der Waals surface area (Å²) >= 11 is 0. The number of furan rings is 1. The lowest BCUT2D eigenvalue weighted by atomic mass is 9.96. The molecule has 2 unspecified atom stereocenters. The number of nitrogens with one attached hydrogen (secondary N) is 1. The summed E-state index contributed by atoms with van der Waals surface area (Å²) in [5.41, 5.74) is 2.31. The number of piperidine rings is 1. The average molecular weight is 394 g/mol. The molecule has 2 saturated heterocycles. The van der Waals surface area contributed by atoms with Crippen LogP contribution in [-0.4, -0.2) is 46.1 Å². The number of amides is 1. The van der Waals surface area contributed by atoms with Crippen LogP contribution in [0.2, 0.25) is 0 Å². The third-order valence-electron chi connectivity index (χ3n) is 6.34. The number of nitrogens with zero attached hydrogens (tertiary/aromatic N) is 3. The molecule has 29 heavy (non-hydrogen) atoms. The first-order valence-corrected chi connectivity index (χ1v) is 10.4. The Kier molecular flexibility index (Phi) is 4.42. The van der Waals surface area contributed by atoms with Crippen molar-refractivity contribution in [3.05, 3.63) is 35.7 Å². The van der Waals surface area contributed by atoms with Crippen molar-refractivity contribution in [2.75, 3.05) is 7.05 Å². The second-order valence-electron chi connectivity index (χ2n) is 8.61. The number of carbonyl (C=O) groups excluding carboxylic acids is 1. The largest absolute Gasteiger partial charge is 0.463 e. The van der Waals surface area contributed by atoms with Gasteiger partial charge in [0.25, 0.3) is 11.6 Å². The van der Waals surface area contributed by atoms with E-state index in [2.05, 4.69) is 15.5 Å². The fraction of sp³-hybridized carbons (Fsp3) is 0.500. The summed E-state index contributed by atoms with van der Waals surface area (Å²) in [7, 11) is 1.92. The maximum atomic E-state index is 13.7. The predicted molar refractivity (Wildman–Crippen MR) is 109 cm³/mol. The van der Waals surface area contributed by atoms with Gasteiger partial charge in [-0.05, 0) is 49.8 Å². The molecule has 1 N–H and O–H groups in total. The van der Waals surface area contributed by atoms with Gasteiger partial charge in [-0.15, -0.1) is 0 Å². The molecule has 3 aromatic heterocycles. The molecule has 5 rings (SSSR count). The van der Waals surface area contributed by atoms with Gasteiger partial charge in [-0.1, -0.05) is 19.0 Å². The highest BCUT2D eigenvalue weighted by Crippen LogP contribution is 2.34. The van der Waals surface area contributed by atoms with Crippen LogP contribution in [0.4, 0.5) is 0 Å². The topological polar surface area (TPSA) is 84.4 Å². The molecule has 3 aromatic rings. The summed E-state index contributed by atoms with van der Waals surface area (Å²) in [6.45, 7) is 4.08. The van der Waals surface area contributed by atoms with Gasteiger partial charge >= 0.3 is 0 Å². The Morgan fingerprint density at radius 2 is 2.03 bits per heavy atom. The lowest BCUT2D eigenvalue weighted by Gasteiger charge is -2.35. The quantitative estimate of drug-likeness (QED) is 0.721. The molecule has 2 fully saturated rings. The zero-order valence-electron chi connectivity index (χ0n) is 17.0. The van der Waals surface area contributed by atoms with E-state index in [4.69, 9.17) is 8.94 Å². The van der Waals surface area contributed by atoms with Crippen LogP contribution in [0.1, 0.15) is 61.5 Å². The van der Waals surface area contributed by atoms with Gasteiger partial charge in [-0.2, -0.15) is 0 Å². The van der Waals surface area contributed by atoms with E-state index in [1.54, 1.807) is 12.3 Å². The summed E-state index contributed by atoms with van der Waals surface area (Å²) in [5.74, 6) is 0.715. The highest BCUT2D eigenvalue weighted by Gasteiger charge is 2.37. The summed E-state index contributed by atoms with van der Waals surface area (Å²) < 4.78 is 11.0. The minimum absolute atomic E-state index is 0.0124. The van der Waals surface area contributed by atoms with Crippen molar-refractivity contribution in [3.8, 4) is 11.5 Å². The minimum atomic E-state index is -0.0124. The van der Waals surface area contributed by atoms with E-state index in [0.717, 1.165) is 18.5 Å². The Morgan fingerprint density at radius 3 is 2.69 bits per heavy atom. The Morgan fingerprint density at radius 1 is 1.28 bits per heavy atom. The Labute approximate surface area is 169 Å². The Balaban J connectivity index is 1.58. The van der Waals surface area contributed by atoms with Crippen LogP contribution < -0.4 is 5.32 Å². The van der Waals surface area contributed by atoms with E-state index in [0.29, 0.717) is 40.2 Å². The van der Waals surface area contributed by atoms with Crippen LogP contribution in [0.3, 0.4) is 0 Å². The average Bonchev–Trinajstić information content (AvgIpc) is 3.45. The van der Waals surface area contributed by atoms with Gasteiger partial charge in [0.2, 0.25) is 0 Å². The molecule has 0 aromatic carbocycles. The van der Waals surface area contributed by atoms with Gasteiger partial charge < -0.3 is 19.2 Å². The van der Waals surface area contributed by atoms with Gasteiger partial charge in [0.15, 0.2) is 5.76 Å². The van der Waals surface area contributed by atoms with Crippen LogP contribution in [0.5, 0.6) is 0 Å². The molecule has 7 heteroatoms. The van der Waals surface area contributed by atoms with E-state index >= 15 is 0 Å². The van der Waals surface area contributed by atoms with Crippen molar-refractivity contribution < 1.29 is 13.7 Å². The predicted octanol–water partition coefficient (Wildman–Crippen LogP) is 3.96. The van der Waals surface area contributed by atoms with E-state index in [1.165, 1.54) is 12.8 Å². The zero-order chi connectivity index (χ0) is 20.1. The number of rotatable bonds is 4. The SMILES string of the molecule is CC(C)c1noc2nc(-c3ccco3)cc(C(=O)N(C)C3CC4CCC(C3)N4)c12. The van der Waals surface area contributed by atoms with Gasteiger partial charge in [-0.25, -0.2) is 4.98 Å². The maximum absolute atomic E-state index is 13.7. The first-order chi connectivity index (χ1) is 14.0. The third kappa shape index (κ3) is 3.13. The number of hydrogen-bond acceptors (Lipinski definition) is 6. The highest BCUT2D eigenvalue weighted by atomic mass is 16.5. The number of aromatic nitrogens is 2. The molecule has 0 saturated carbocycles. The van der Waals surface area contributed by atoms with E-state index < -0.39 is 0 Å². The first-order valence-electron chi connectivity index (χ1n) is 10.4. The van der Waals surface area contributed by atoms with Crippen LogP contribution in [0.15, 0.2) is 33.4 Å². The van der Waals surface area contributed by atoms with Crippen LogP contribution in [-0.2, 0) is 0 Å². The van der Waals surface area contributed by atoms with Crippen molar-refractivity contribution in [2.24, 2.45) is 0 Å². The fourth-order valence-corrected chi connectivity index (χ4v) is 4.79. The number of carbonyl (C=O) groups is 1. The fourth-order valence-electron chi connectivity index (χ4n) is 4.79. The zero-order valence-corrected chi connectivity index (χ0v) is 17.0. The van der Waals surface area contributed by atoms with E-state index in [1.807, 2.05) is 37.9 Å². The van der Waals surface area contributed by atoms with Crippen LogP contribution in [0.25, 0.3) is 22.6 Å². The molecule has 152 valence electrons. The lowest BCUT2D eigenvalue weighted by Crippen LogP contribution is -2.48. The number of pyridine rings is 1. The molecule has 0 radical (unpaired) electrons. The van der Waals surface area contributed by atoms with Gasteiger partial charge in [-0.3, -0.25) is 4.79 Å². The molecular weight excluding hydrogens is 368 g/mol. The van der Waals surface area contributed by atoms with Gasteiger partial charge in [0.05, 0.1) is 22.9 Å². The van der Waals surface area contributed by atoms with Crippen molar-refractivity contribution >= 4 is 17.0 Å². The molecule has 2 aliphatic heterocycles. The summed E-state index contributed by atoms with van der Waals surface area (Å²) in [4.78, 5) is 20.1. The van der Waals surface area contributed by atoms with Gasteiger partial charge in [0.1, 0.15) is 5.69 Å². The van der Waals surface area contributed by atoms with Crippen LogP contribution in [0, 0.1) is 0 Å². The number of hydrogen-bond donors (Lipinski definition) is 1. The van der Waals surface area contributed by atoms with Crippen molar-refractivity contribution in [1.29, 1.82) is 0 Å². The summed E-state index contributed by atoms with van der Waals surface area (Å²) in [6.07, 6.45) is 6.00. The van der Waals surface area contributed by atoms with E-state index in [-0.39, 0.29) is 17.9 Å². The van der Waals surface area contributed by atoms with Crippen molar-refractivity contribution in [3.63, 3.8) is 0 Å². The normalized spacial score (nSPS) is 23.8. The van der Waals surface area contributed by atoms with E-state index in [9.17, 15) is 4.79 Å². The second-order valence-corrected chi connectivity index (χ2v) is 8.61. The molecule has 5 heterocycles. The molecule has 2 atom stereocenters. The summed E-state index contributed by atoms with van der Waals surface area (Å²) in [5, 5.41) is 8.58. The second kappa shape index (κ2) is 6.99. The van der Waals surface area contributed by atoms with Crippen molar-refractivity contribution in [1.82, 2.24) is 20.4 Å². The molecule has 2 bridgehead atoms. The standard InChI is InChI=1S/C22H26N4O3/c1-12(2)20-19-16(11-17(18-5-4-8-28-18)24-21(19)29-25-20)22(27)26(3)15-9-13-6-7-14(10-15)23-13/h4-5,8,11-15,23H,6-7,9-10H2,1-3H3. The first kappa shape index (κ1) is 18.4. The molecule has 0 spiro atoms. The van der Waals surface area contributed by atoms with Crippen molar-refractivity contribution in [2.45, 2.75) is 63.6 Å². The molecule has 0 aliphatic carbocycles.